The third-order valence-electron chi connectivity index (χ3n) is 4.39. The van der Waals surface area contributed by atoms with Crippen LogP contribution in [-0.4, -0.2) is 53.9 Å². The first-order valence-corrected chi connectivity index (χ1v) is 8.63. The fourth-order valence-corrected chi connectivity index (χ4v) is 2.57. The Hall–Kier alpha value is -3.43. The number of carbonyl (C=O) groups is 5. The van der Waals surface area contributed by atoms with Crippen LogP contribution in [-0.2, 0) is 19.1 Å². The van der Waals surface area contributed by atoms with Gasteiger partial charge in [0.15, 0.2) is 0 Å². The molecule has 2 atom stereocenters. The minimum atomic E-state index is -1.43. The van der Waals surface area contributed by atoms with Gasteiger partial charge in [0.2, 0.25) is 6.10 Å². The maximum Gasteiger partial charge on any atom is 0.327 e. The molecular formula is C18H22N4O6. The van der Waals surface area contributed by atoms with Crippen molar-refractivity contribution < 1.29 is 28.7 Å². The lowest BCUT2D eigenvalue weighted by Crippen LogP contribution is -2.44. The summed E-state index contributed by atoms with van der Waals surface area (Å²) in [6.07, 6.45) is -1.08. The van der Waals surface area contributed by atoms with E-state index in [1.807, 2.05) is 5.32 Å². The lowest BCUT2D eigenvalue weighted by atomic mass is 9.99. The molecule has 0 bridgehead atoms. The molecule has 0 radical (unpaired) electrons. The van der Waals surface area contributed by atoms with Crippen LogP contribution in [0.5, 0.6) is 0 Å². The zero-order valence-corrected chi connectivity index (χ0v) is 15.8. The Bertz CT molecular complexity index is 797. The standard InChI is InChI=1S/C18H22N4O6/c1-4-18(2)15(25)22(17(27)21-18)10-12(23)28-13(11-8-6-5-7-9-11)14(24)20-16(26)19-3/h5-9,13H,4,10H2,1-3H3,(H,21,27)(H2,19,20,24,26)/t13-,18-/m1/s1. The Labute approximate surface area is 161 Å². The van der Waals surface area contributed by atoms with Crippen molar-refractivity contribution in [2.45, 2.75) is 31.9 Å². The highest BCUT2D eigenvalue weighted by Gasteiger charge is 2.47. The molecule has 0 unspecified atom stereocenters. The van der Waals surface area contributed by atoms with Crippen molar-refractivity contribution in [3.05, 3.63) is 35.9 Å². The molecule has 1 aromatic rings. The smallest absolute Gasteiger partial charge is 0.327 e. The molecule has 1 aliphatic rings. The van der Waals surface area contributed by atoms with E-state index in [0.29, 0.717) is 12.0 Å². The van der Waals surface area contributed by atoms with Gasteiger partial charge in [-0.15, -0.1) is 0 Å². The van der Waals surface area contributed by atoms with Gasteiger partial charge < -0.3 is 15.4 Å². The number of urea groups is 2. The molecular weight excluding hydrogens is 368 g/mol. The Morgan fingerprint density at radius 1 is 1.21 bits per heavy atom. The van der Waals surface area contributed by atoms with Crippen molar-refractivity contribution in [3.63, 3.8) is 0 Å². The molecule has 28 heavy (non-hydrogen) atoms. The van der Waals surface area contributed by atoms with Crippen LogP contribution in [0.4, 0.5) is 9.59 Å². The summed E-state index contributed by atoms with van der Waals surface area (Å²) in [6, 6.07) is 6.58. The van der Waals surface area contributed by atoms with Crippen LogP contribution in [0, 0.1) is 0 Å². The second-order valence-corrected chi connectivity index (χ2v) is 6.36. The summed E-state index contributed by atoms with van der Waals surface area (Å²) in [5.74, 6) is -2.39. The zero-order valence-electron chi connectivity index (χ0n) is 15.8. The molecule has 150 valence electrons. The summed E-state index contributed by atoms with van der Waals surface area (Å²) >= 11 is 0. The summed E-state index contributed by atoms with van der Waals surface area (Å²) in [5, 5.41) is 6.79. The molecule has 10 nitrogen and oxygen atoms in total. The predicted molar refractivity (Wildman–Crippen MR) is 96.8 cm³/mol. The molecule has 1 aromatic carbocycles. The van der Waals surface area contributed by atoms with Crippen LogP contribution < -0.4 is 16.0 Å². The fourth-order valence-electron chi connectivity index (χ4n) is 2.57. The first-order valence-electron chi connectivity index (χ1n) is 8.63. The second-order valence-electron chi connectivity index (χ2n) is 6.36. The van der Waals surface area contributed by atoms with Gasteiger partial charge in [0.1, 0.15) is 12.1 Å². The van der Waals surface area contributed by atoms with Crippen LogP contribution in [0.1, 0.15) is 31.9 Å². The van der Waals surface area contributed by atoms with Crippen molar-refractivity contribution in [2.24, 2.45) is 0 Å². The highest BCUT2D eigenvalue weighted by atomic mass is 16.5. The van der Waals surface area contributed by atoms with Gasteiger partial charge in [-0.25, -0.2) is 9.59 Å². The largest absolute Gasteiger partial charge is 0.446 e. The number of nitrogens with zero attached hydrogens (tertiary/aromatic N) is 1. The van der Waals surface area contributed by atoms with Crippen molar-refractivity contribution in [2.75, 3.05) is 13.6 Å². The Morgan fingerprint density at radius 3 is 2.39 bits per heavy atom. The SMILES string of the molecule is CC[C@@]1(C)NC(=O)N(CC(=O)O[C@@H](C(=O)NC(=O)NC)c2ccccc2)C1=O. The molecule has 0 spiro atoms. The predicted octanol–water partition coefficient (Wildman–Crippen LogP) is 0.447. The fraction of sp³-hybridized carbons (Fsp3) is 0.389. The molecule has 0 aliphatic carbocycles. The normalized spacial score (nSPS) is 19.6. The summed E-state index contributed by atoms with van der Waals surface area (Å²) < 4.78 is 5.20. The first kappa shape index (κ1) is 20.9. The van der Waals surface area contributed by atoms with Crippen molar-refractivity contribution in [1.82, 2.24) is 20.9 Å². The average Bonchev–Trinajstić information content (AvgIpc) is 2.90. The topological polar surface area (TPSA) is 134 Å². The number of hydrogen-bond acceptors (Lipinski definition) is 6. The van der Waals surface area contributed by atoms with Gasteiger partial charge in [-0.05, 0) is 13.3 Å². The van der Waals surface area contributed by atoms with Crippen LogP contribution in [0.2, 0.25) is 0 Å². The van der Waals surface area contributed by atoms with Crippen LogP contribution in [0.3, 0.4) is 0 Å². The van der Waals surface area contributed by atoms with Gasteiger partial charge in [0.05, 0.1) is 0 Å². The molecule has 1 fully saturated rings. The quantitative estimate of drug-likeness (QED) is 0.477. The van der Waals surface area contributed by atoms with Crippen LogP contribution in [0.25, 0.3) is 0 Å². The average molecular weight is 390 g/mol. The van der Waals surface area contributed by atoms with Gasteiger partial charge in [-0.2, -0.15) is 0 Å². The molecule has 3 N–H and O–H groups in total. The van der Waals surface area contributed by atoms with E-state index in [1.165, 1.54) is 7.05 Å². The van der Waals surface area contributed by atoms with E-state index in [-0.39, 0.29) is 0 Å². The van der Waals surface area contributed by atoms with Crippen molar-refractivity contribution >= 4 is 29.8 Å². The number of carbonyl (C=O) groups excluding carboxylic acids is 5. The van der Waals surface area contributed by atoms with Crippen LogP contribution in [0.15, 0.2) is 30.3 Å². The van der Waals surface area contributed by atoms with Gasteiger partial charge in [0, 0.05) is 12.6 Å². The molecule has 1 heterocycles. The highest BCUT2D eigenvalue weighted by molar-refractivity contribution is 6.08. The van der Waals surface area contributed by atoms with E-state index in [4.69, 9.17) is 4.74 Å². The summed E-state index contributed by atoms with van der Waals surface area (Å²) in [5.41, 5.74) is -0.764. The number of rotatable bonds is 6. The number of amides is 6. The number of ether oxygens (including phenoxy) is 1. The third-order valence-corrected chi connectivity index (χ3v) is 4.39. The van der Waals surface area contributed by atoms with E-state index in [0.717, 1.165) is 4.90 Å². The molecule has 1 saturated heterocycles. The lowest BCUT2D eigenvalue weighted by molar-refractivity contribution is -0.157. The minimum Gasteiger partial charge on any atom is -0.446 e. The highest BCUT2D eigenvalue weighted by Crippen LogP contribution is 2.22. The summed E-state index contributed by atoms with van der Waals surface area (Å²) in [4.78, 5) is 61.3. The summed E-state index contributed by atoms with van der Waals surface area (Å²) in [6.45, 7) is 2.63. The number of benzene rings is 1. The molecule has 0 saturated carbocycles. The van der Waals surface area contributed by atoms with E-state index in [9.17, 15) is 24.0 Å². The minimum absolute atomic E-state index is 0.327. The van der Waals surface area contributed by atoms with Crippen LogP contribution >= 0.6 is 0 Å². The number of imide groups is 2. The molecule has 1 aliphatic heterocycles. The van der Waals surface area contributed by atoms with Gasteiger partial charge in [0.25, 0.3) is 11.8 Å². The van der Waals surface area contributed by atoms with Gasteiger partial charge >= 0.3 is 18.0 Å². The number of esters is 1. The Balaban J connectivity index is 2.14. The van der Waals surface area contributed by atoms with Gasteiger partial charge in [-0.3, -0.25) is 24.6 Å². The third kappa shape index (κ3) is 4.45. The zero-order chi connectivity index (χ0) is 20.9. The van der Waals surface area contributed by atoms with E-state index in [2.05, 4.69) is 10.6 Å². The molecule has 0 aromatic heterocycles. The molecule has 10 heteroatoms. The van der Waals surface area contributed by atoms with E-state index >= 15 is 0 Å². The summed E-state index contributed by atoms with van der Waals surface area (Å²) in [7, 11) is 1.33. The Kier molecular flexibility index (Phi) is 6.34. The lowest BCUT2D eigenvalue weighted by Gasteiger charge is -2.20. The first-order chi connectivity index (χ1) is 13.2. The number of hydrogen-bond donors (Lipinski definition) is 3. The maximum atomic E-state index is 12.4. The van der Waals surface area contributed by atoms with E-state index < -0.39 is 48.0 Å². The van der Waals surface area contributed by atoms with Crippen molar-refractivity contribution in [1.29, 1.82) is 0 Å². The molecule has 2 rings (SSSR count). The Morgan fingerprint density at radius 2 is 1.86 bits per heavy atom. The second kappa shape index (κ2) is 8.51. The van der Waals surface area contributed by atoms with E-state index in [1.54, 1.807) is 44.2 Å². The number of nitrogens with one attached hydrogen (secondary N) is 3. The maximum absolute atomic E-state index is 12.4. The monoisotopic (exact) mass is 390 g/mol. The molecule has 6 amide bonds. The van der Waals surface area contributed by atoms with Gasteiger partial charge in [-0.1, -0.05) is 37.3 Å². The van der Waals surface area contributed by atoms with Crippen molar-refractivity contribution in [3.8, 4) is 0 Å².